The van der Waals surface area contributed by atoms with E-state index in [-0.39, 0.29) is 41.1 Å². The van der Waals surface area contributed by atoms with Crippen LogP contribution in [0.5, 0.6) is 23.0 Å². The Morgan fingerprint density at radius 3 is 2.02 bits per heavy atom. The van der Waals surface area contributed by atoms with E-state index in [1.54, 1.807) is 26.8 Å². The molecule has 0 aromatic heterocycles. The van der Waals surface area contributed by atoms with Crippen molar-refractivity contribution in [1.82, 2.24) is 10.2 Å². The number of nitrogens with one attached hydrogen (secondary N) is 1. The molecule has 0 heterocycles. The summed E-state index contributed by atoms with van der Waals surface area (Å²) < 4.78 is 64.9. The average molecular weight is 646 g/mol. The molecule has 0 saturated carbocycles. The maximum atomic E-state index is 14.4. The normalized spacial score (nSPS) is 11.8. The van der Waals surface area contributed by atoms with Crippen molar-refractivity contribution in [2.75, 3.05) is 39.3 Å². The van der Waals surface area contributed by atoms with Gasteiger partial charge in [0.15, 0.2) is 11.5 Å². The fourth-order valence-electron chi connectivity index (χ4n) is 4.70. The molecule has 3 rings (SSSR count). The van der Waals surface area contributed by atoms with Gasteiger partial charge in [-0.25, -0.2) is 12.8 Å². The Bertz CT molecular complexity index is 1580. The molecule has 0 fully saturated rings. The summed E-state index contributed by atoms with van der Waals surface area (Å²) >= 11 is 0. The second-order valence-corrected chi connectivity index (χ2v) is 12.2. The minimum Gasteiger partial charge on any atom is -0.497 e. The molecule has 0 aliphatic rings. The highest BCUT2D eigenvalue weighted by Gasteiger charge is 2.35. The number of halogens is 1. The monoisotopic (exact) mass is 645 g/mol. The van der Waals surface area contributed by atoms with Crippen LogP contribution in [0.4, 0.5) is 10.1 Å². The summed E-state index contributed by atoms with van der Waals surface area (Å²) in [5.41, 5.74) is 0.579. The van der Waals surface area contributed by atoms with Crippen molar-refractivity contribution in [3.05, 3.63) is 72.0 Å². The second kappa shape index (κ2) is 15.5. The number of methoxy groups -OCH3 is 4. The topological polar surface area (TPSA) is 124 Å². The summed E-state index contributed by atoms with van der Waals surface area (Å²) in [5.74, 6) is -0.602. The predicted molar refractivity (Wildman–Crippen MR) is 168 cm³/mol. The summed E-state index contributed by atoms with van der Waals surface area (Å²) in [4.78, 5) is 28.7. The highest BCUT2D eigenvalue weighted by atomic mass is 32.2. The van der Waals surface area contributed by atoms with Crippen molar-refractivity contribution < 1.29 is 41.3 Å². The Morgan fingerprint density at radius 2 is 1.47 bits per heavy atom. The third-order valence-corrected chi connectivity index (χ3v) is 8.72. The number of amides is 2. The molecule has 11 nitrogen and oxygen atoms in total. The first-order valence-electron chi connectivity index (χ1n) is 14.2. The molecule has 0 bridgehead atoms. The molecule has 0 aliphatic carbocycles. The Hall–Kier alpha value is -4.52. The fourth-order valence-corrected chi connectivity index (χ4v) is 6.13. The highest BCUT2D eigenvalue weighted by molar-refractivity contribution is 7.92. The molecule has 1 atom stereocenters. The van der Waals surface area contributed by atoms with Crippen LogP contribution in [0.3, 0.4) is 0 Å². The summed E-state index contributed by atoms with van der Waals surface area (Å²) in [5, 5.41) is 2.83. The zero-order valence-electron chi connectivity index (χ0n) is 26.5. The van der Waals surface area contributed by atoms with Crippen LogP contribution in [-0.2, 0) is 26.2 Å². The summed E-state index contributed by atoms with van der Waals surface area (Å²) in [7, 11) is 1.11. The molecule has 0 aliphatic heterocycles. The lowest BCUT2D eigenvalue weighted by molar-refractivity contribution is -0.140. The van der Waals surface area contributed by atoms with Crippen LogP contribution in [0.25, 0.3) is 0 Å². The van der Waals surface area contributed by atoms with E-state index in [2.05, 4.69) is 5.32 Å². The van der Waals surface area contributed by atoms with Gasteiger partial charge >= 0.3 is 0 Å². The maximum absolute atomic E-state index is 14.4. The van der Waals surface area contributed by atoms with E-state index in [9.17, 15) is 22.4 Å². The number of carbonyl (C=O) groups is 2. The van der Waals surface area contributed by atoms with Gasteiger partial charge in [-0.15, -0.1) is 0 Å². The highest BCUT2D eigenvalue weighted by Crippen LogP contribution is 2.38. The standard InChI is InChI=1S/C32H40FN3O8S/c1-8-26(32(38)34-21(2)3)35(19-22-9-11-23(33)12-10-22)31(37)20-36(27-17-24(41-4)13-15-28(27)42-5)45(39,40)25-14-16-29(43-6)30(18-25)44-7/h9-18,21,26H,8,19-20H2,1-7H3,(H,34,38)/t26-/m0/s1. The summed E-state index contributed by atoms with van der Waals surface area (Å²) in [6.07, 6.45) is 0.233. The molecule has 244 valence electrons. The lowest BCUT2D eigenvalue weighted by Gasteiger charge is -2.34. The van der Waals surface area contributed by atoms with Crippen LogP contribution < -0.4 is 28.6 Å². The van der Waals surface area contributed by atoms with Gasteiger partial charge in [-0.1, -0.05) is 19.1 Å². The molecule has 0 saturated heterocycles. The third-order valence-electron chi connectivity index (χ3n) is 6.96. The zero-order valence-corrected chi connectivity index (χ0v) is 27.3. The number of ether oxygens (including phenoxy) is 4. The predicted octanol–water partition coefficient (Wildman–Crippen LogP) is 4.39. The lowest BCUT2D eigenvalue weighted by Crippen LogP contribution is -2.53. The van der Waals surface area contributed by atoms with Crippen LogP contribution in [-0.4, -0.2) is 72.2 Å². The molecule has 3 aromatic rings. The van der Waals surface area contributed by atoms with E-state index < -0.39 is 40.2 Å². The minimum atomic E-state index is -4.48. The van der Waals surface area contributed by atoms with Gasteiger partial charge in [0, 0.05) is 24.7 Å². The maximum Gasteiger partial charge on any atom is 0.265 e. The molecule has 0 radical (unpaired) electrons. The molecule has 1 N–H and O–H groups in total. The lowest BCUT2D eigenvalue weighted by atomic mass is 10.1. The van der Waals surface area contributed by atoms with Gasteiger partial charge < -0.3 is 29.2 Å². The van der Waals surface area contributed by atoms with Gasteiger partial charge in [0.1, 0.15) is 29.9 Å². The van der Waals surface area contributed by atoms with Crippen LogP contribution in [0.2, 0.25) is 0 Å². The Kier molecular flexibility index (Phi) is 12.0. The van der Waals surface area contributed by atoms with Crippen molar-refractivity contribution in [2.24, 2.45) is 0 Å². The van der Waals surface area contributed by atoms with E-state index in [0.29, 0.717) is 17.1 Å². The first kappa shape index (κ1) is 35.0. The van der Waals surface area contributed by atoms with E-state index in [0.717, 1.165) is 4.31 Å². The van der Waals surface area contributed by atoms with Gasteiger partial charge in [-0.2, -0.15) is 0 Å². The van der Waals surface area contributed by atoms with E-state index in [1.807, 2.05) is 0 Å². The van der Waals surface area contributed by atoms with E-state index in [4.69, 9.17) is 18.9 Å². The first-order valence-corrected chi connectivity index (χ1v) is 15.6. The van der Waals surface area contributed by atoms with Crippen molar-refractivity contribution in [3.8, 4) is 23.0 Å². The van der Waals surface area contributed by atoms with Crippen molar-refractivity contribution in [2.45, 2.75) is 50.7 Å². The molecule has 13 heteroatoms. The van der Waals surface area contributed by atoms with Crippen molar-refractivity contribution in [3.63, 3.8) is 0 Å². The van der Waals surface area contributed by atoms with Crippen LogP contribution >= 0.6 is 0 Å². The summed E-state index contributed by atoms with van der Waals surface area (Å²) in [6.45, 7) is 4.54. The number of rotatable bonds is 15. The quantitative estimate of drug-likeness (QED) is 0.258. The van der Waals surface area contributed by atoms with Gasteiger partial charge in [0.25, 0.3) is 10.0 Å². The number of hydrogen-bond acceptors (Lipinski definition) is 8. The van der Waals surface area contributed by atoms with Crippen molar-refractivity contribution in [1.29, 1.82) is 0 Å². The Labute approximate surface area is 263 Å². The first-order chi connectivity index (χ1) is 21.4. The van der Waals surface area contributed by atoms with Gasteiger partial charge in [0.2, 0.25) is 11.8 Å². The van der Waals surface area contributed by atoms with Crippen LogP contribution in [0, 0.1) is 5.82 Å². The molecular weight excluding hydrogens is 605 g/mol. The smallest absolute Gasteiger partial charge is 0.265 e. The average Bonchev–Trinajstić information content (AvgIpc) is 3.03. The molecule has 3 aromatic carbocycles. The minimum absolute atomic E-state index is 0.0291. The largest absolute Gasteiger partial charge is 0.497 e. The number of hydrogen-bond donors (Lipinski definition) is 1. The van der Waals surface area contributed by atoms with E-state index in [1.165, 1.54) is 87.9 Å². The number of benzene rings is 3. The van der Waals surface area contributed by atoms with Crippen molar-refractivity contribution >= 4 is 27.5 Å². The second-order valence-electron chi connectivity index (χ2n) is 10.3. The third kappa shape index (κ3) is 8.35. The summed E-state index contributed by atoms with van der Waals surface area (Å²) in [6, 6.07) is 13.0. The number of sulfonamides is 1. The van der Waals surface area contributed by atoms with Crippen LogP contribution in [0.15, 0.2) is 65.6 Å². The SMILES string of the molecule is CC[C@@H](C(=O)NC(C)C)N(Cc1ccc(F)cc1)C(=O)CN(c1cc(OC)ccc1OC)S(=O)(=O)c1ccc(OC)c(OC)c1. The van der Waals surface area contributed by atoms with Gasteiger partial charge in [-0.05, 0) is 62.2 Å². The van der Waals surface area contributed by atoms with E-state index >= 15 is 0 Å². The molecule has 0 unspecified atom stereocenters. The number of carbonyl (C=O) groups excluding carboxylic acids is 2. The fraction of sp³-hybridized carbons (Fsp3) is 0.375. The van der Waals surface area contributed by atoms with Gasteiger partial charge in [-0.3, -0.25) is 13.9 Å². The molecule has 45 heavy (non-hydrogen) atoms. The molecular formula is C32H40FN3O8S. The van der Waals surface area contributed by atoms with Gasteiger partial charge in [0.05, 0.1) is 39.0 Å². The Morgan fingerprint density at radius 1 is 0.844 bits per heavy atom. The van der Waals surface area contributed by atoms with Crippen LogP contribution in [0.1, 0.15) is 32.8 Å². The number of nitrogens with zero attached hydrogens (tertiary/aromatic N) is 2. The molecule has 0 spiro atoms. The zero-order chi connectivity index (χ0) is 33.3. The Balaban J connectivity index is 2.20. The number of anilines is 1. The molecule has 2 amide bonds.